The molecule has 10 heavy (non-hydrogen) atoms. The molecule has 0 radical (unpaired) electrons. The average Bonchev–Trinajstić information content (AvgIpc) is 1.89. The van der Waals surface area contributed by atoms with Gasteiger partial charge in [0.25, 0.3) is 0 Å². The van der Waals surface area contributed by atoms with Gasteiger partial charge >= 0.3 is 5.97 Å². The first kappa shape index (κ1) is 9.01. The van der Waals surface area contributed by atoms with Gasteiger partial charge in [-0.3, -0.25) is 0 Å². The van der Waals surface area contributed by atoms with Gasteiger partial charge in [0.1, 0.15) is 5.70 Å². The topological polar surface area (TPSA) is 52.3 Å². The van der Waals surface area contributed by atoms with Crippen LogP contribution in [0, 0.1) is 0 Å². The molecule has 0 aliphatic carbocycles. The second-order valence-corrected chi connectivity index (χ2v) is 1.79. The van der Waals surface area contributed by atoms with E-state index in [1.54, 1.807) is 13.0 Å². The molecule has 0 atom stereocenters. The number of esters is 1. The Morgan fingerprint density at radius 1 is 1.60 bits per heavy atom. The first-order valence-corrected chi connectivity index (χ1v) is 3.35. The Bertz CT molecular complexity index is 141. The van der Waals surface area contributed by atoms with Crippen molar-refractivity contribution in [1.29, 1.82) is 0 Å². The minimum absolute atomic E-state index is 0.198. The zero-order valence-corrected chi connectivity index (χ0v) is 6.39. The number of rotatable bonds is 3. The van der Waals surface area contributed by atoms with Crippen LogP contribution < -0.4 is 5.73 Å². The molecule has 0 fully saturated rings. The minimum atomic E-state index is -0.427. The highest BCUT2D eigenvalue weighted by Gasteiger charge is 2.02. The number of nitrogens with two attached hydrogens (primary N) is 1. The lowest BCUT2D eigenvalue weighted by atomic mass is 10.3. The number of carbonyl (C=O) groups is 1. The fraction of sp³-hybridized carbons (Fsp3) is 0.571. The van der Waals surface area contributed by atoms with Crippen molar-refractivity contribution in [2.75, 3.05) is 6.61 Å². The van der Waals surface area contributed by atoms with Crippen molar-refractivity contribution in [2.24, 2.45) is 5.73 Å². The van der Waals surface area contributed by atoms with Crippen molar-refractivity contribution in [3.05, 3.63) is 11.8 Å². The Balaban J connectivity index is 3.82. The molecule has 0 aromatic rings. The number of carbonyl (C=O) groups excluding carboxylic acids is 1. The summed E-state index contributed by atoms with van der Waals surface area (Å²) in [6.07, 6.45) is 2.39. The quantitative estimate of drug-likeness (QED) is 0.469. The van der Waals surface area contributed by atoms with E-state index in [1.165, 1.54) is 0 Å². The third kappa shape index (κ3) is 3.12. The van der Waals surface area contributed by atoms with Crippen LogP contribution in [0.2, 0.25) is 0 Å². The minimum Gasteiger partial charge on any atom is -0.461 e. The standard InChI is InChI=1S/C7H13NO2/c1-3-5-6(8)7(9)10-4-2/h5H,3-4,8H2,1-2H3/b6-5-. The summed E-state index contributed by atoms with van der Waals surface area (Å²) in [5, 5.41) is 0. The van der Waals surface area contributed by atoms with Crippen molar-refractivity contribution in [1.82, 2.24) is 0 Å². The lowest BCUT2D eigenvalue weighted by Gasteiger charge is -1.99. The van der Waals surface area contributed by atoms with Crippen LogP contribution in [0.4, 0.5) is 0 Å². The highest BCUT2D eigenvalue weighted by Crippen LogP contribution is 1.91. The van der Waals surface area contributed by atoms with Gasteiger partial charge in [-0.2, -0.15) is 0 Å². The Morgan fingerprint density at radius 3 is 2.60 bits per heavy atom. The second kappa shape index (κ2) is 4.85. The number of hydrogen-bond donors (Lipinski definition) is 1. The monoisotopic (exact) mass is 143 g/mol. The molecule has 0 aliphatic rings. The number of hydrogen-bond acceptors (Lipinski definition) is 3. The van der Waals surface area contributed by atoms with Crippen molar-refractivity contribution in [2.45, 2.75) is 20.3 Å². The fourth-order valence-corrected chi connectivity index (χ4v) is 0.518. The van der Waals surface area contributed by atoms with E-state index in [2.05, 4.69) is 4.74 Å². The summed E-state index contributed by atoms with van der Waals surface area (Å²) in [6.45, 7) is 4.03. The molecule has 2 N–H and O–H groups in total. The predicted molar refractivity (Wildman–Crippen MR) is 39.2 cm³/mol. The molecule has 0 bridgehead atoms. The van der Waals surface area contributed by atoms with Crippen LogP contribution in [0.25, 0.3) is 0 Å². The zero-order valence-electron chi connectivity index (χ0n) is 6.39. The van der Waals surface area contributed by atoms with E-state index in [4.69, 9.17) is 5.73 Å². The molecule has 0 rings (SSSR count). The molecule has 0 aliphatic heterocycles. The van der Waals surface area contributed by atoms with Crippen LogP contribution in [-0.2, 0) is 9.53 Å². The van der Waals surface area contributed by atoms with E-state index < -0.39 is 5.97 Å². The SMILES string of the molecule is CC/C=C(\N)C(=O)OCC. The maximum atomic E-state index is 10.7. The summed E-state index contributed by atoms with van der Waals surface area (Å²) < 4.78 is 4.62. The molecule has 3 nitrogen and oxygen atoms in total. The molecule has 0 aromatic carbocycles. The molecule has 0 spiro atoms. The average molecular weight is 143 g/mol. The Morgan fingerprint density at radius 2 is 2.20 bits per heavy atom. The van der Waals surface area contributed by atoms with E-state index in [1.807, 2.05) is 6.92 Å². The van der Waals surface area contributed by atoms with Gasteiger partial charge in [0.05, 0.1) is 6.61 Å². The smallest absolute Gasteiger partial charge is 0.353 e. The first-order chi connectivity index (χ1) is 4.72. The highest BCUT2D eigenvalue weighted by atomic mass is 16.5. The third-order valence-electron chi connectivity index (χ3n) is 0.935. The molecule has 0 amide bonds. The predicted octanol–water partition coefficient (Wildman–Crippen LogP) is 0.802. The molecular formula is C7H13NO2. The van der Waals surface area contributed by atoms with Crippen LogP contribution >= 0.6 is 0 Å². The normalized spacial score (nSPS) is 11.2. The molecule has 58 valence electrons. The zero-order chi connectivity index (χ0) is 7.98. The third-order valence-corrected chi connectivity index (χ3v) is 0.935. The molecule has 0 saturated carbocycles. The van der Waals surface area contributed by atoms with Gasteiger partial charge in [-0.25, -0.2) is 4.79 Å². The van der Waals surface area contributed by atoms with Gasteiger partial charge in [-0.1, -0.05) is 13.0 Å². The summed E-state index contributed by atoms with van der Waals surface area (Å²) >= 11 is 0. The van der Waals surface area contributed by atoms with Gasteiger partial charge in [0.15, 0.2) is 0 Å². The number of ether oxygens (including phenoxy) is 1. The fourth-order valence-electron chi connectivity index (χ4n) is 0.518. The summed E-state index contributed by atoms with van der Waals surface area (Å²) in [5.41, 5.74) is 5.50. The van der Waals surface area contributed by atoms with E-state index in [-0.39, 0.29) is 5.70 Å². The van der Waals surface area contributed by atoms with Crippen LogP contribution in [0.1, 0.15) is 20.3 Å². The van der Waals surface area contributed by atoms with Gasteiger partial charge in [0, 0.05) is 0 Å². The molecular weight excluding hydrogens is 130 g/mol. The largest absolute Gasteiger partial charge is 0.461 e. The van der Waals surface area contributed by atoms with Crippen LogP contribution in [0.5, 0.6) is 0 Å². The van der Waals surface area contributed by atoms with Crippen molar-refractivity contribution >= 4 is 5.97 Å². The summed E-state index contributed by atoms with van der Waals surface area (Å²) in [4.78, 5) is 10.7. The van der Waals surface area contributed by atoms with Crippen molar-refractivity contribution in [3.8, 4) is 0 Å². The van der Waals surface area contributed by atoms with Gasteiger partial charge < -0.3 is 10.5 Å². The molecule has 0 aromatic heterocycles. The number of allylic oxidation sites excluding steroid dienone is 1. The van der Waals surface area contributed by atoms with Gasteiger partial charge in [0.2, 0.25) is 0 Å². The maximum Gasteiger partial charge on any atom is 0.353 e. The molecule has 0 saturated heterocycles. The Hall–Kier alpha value is -0.990. The highest BCUT2D eigenvalue weighted by molar-refractivity contribution is 5.87. The lowest BCUT2D eigenvalue weighted by molar-refractivity contribution is -0.138. The maximum absolute atomic E-state index is 10.7. The first-order valence-electron chi connectivity index (χ1n) is 3.35. The second-order valence-electron chi connectivity index (χ2n) is 1.79. The summed E-state index contributed by atoms with van der Waals surface area (Å²) in [5.74, 6) is -0.427. The Kier molecular flexibility index (Phi) is 4.37. The van der Waals surface area contributed by atoms with Gasteiger partial charge in [-0.05, 0) is 13.3 Å². The summed E-state index contributed by atoms with van der Waals surface area (Å²) in [7, 11) is 0. The molecule has 0 unspecified atom stereocenters. The van der Waals surface area contributed by atoms with E-state index >= 15 is 0 Å². The molecule has 0 heterocycles. The van der Waals surface area contributed by atoms with E-state index in [0.29, 0.717) is 6.61 Å². The van der Waals surface area contributed by atoms with Crippen LogP contribution in [-0.4, -0.2) is 12.6 Å². The summed E-state index contributed by atoms with van der Waals surface area (Å²) in [6, 6.07) is 0. The van der Waals surface area contributed by atoms with Crippen LogP contribution in [0.3, 0.4) is 0 Å². The lowest BCUT2D eigenvalue weighted by Crippen LogP contribution is -2.14. The van der Waals surface area contributed by atoms with Crippen molar-refractivity contribution < 1.29 is 9.53 Å². The van der Waals surface area contributed by atoms with E-state index in [9.17, 15) is 4.79 Å². The van der Waals surface area contributed by atoms with Gasteiger partial charge in [-0.15, -0.1) is 0 Å². The molecule has 3 heteroatoms. The van der Waals surface area contributed by atoms with Crippen molar-refractivity contribution in [3.63, 3.8) is 0 Å². The van der Waals surface area contributed by atoms with E-state index in [0.717, 1.165) is 6.42 Å². The Labute approximate surface area is 60.9 Å². The van der Waals surface area contributed by atoms with Crippen LogP contribution in [0.15, 0.2) is 11.8 Å².